The third-order valence-electron chi connectivity index (χ3n) is 14.5. The molecule has 5 heterocycles. The molecule has 1 saturated carbocycles. The normalized spacial score (nSPS) is 19.8. The van der Waals surface area contributed by atoms with E-state index in [0.717, 1.165) is 69.5 Å². The van der Waals surface area contributed by atoms with Gasteiger partial charge in [0.05, 0.1) is 50.1 Å². The Morgan fingerprint density at radius 2 is 1.25 bits per heavy atom. The highest BCUT2D eigenvalue weighted by molar-refractivity contribution is 5.91. The van der Waals surface area contributed by atoms with Crippen molar-refractivity contribution in [1.29, 1.82) is 0 Å². The van der Waals surface area contributed by atoms with Gasteiger partial charge >= 0.3 is 12.2 Å². The molecule has 1 spiro atoms. The van der Waals surface area contributed by atoms with E-state index < -0.39 is 30.3 Å². The van der Waals surface area contributed by atoms with E-state index >= 15 is 0 Å². The number of benzene rings is 3. The predicted octanol–water partition coefficient (Wildman–Crippen LogP) is 7.94. The van der Waals surface area contributed by atoms with E-state index in [0.29, 0.717) is 64.5 Å². The van der Waals surface area contributed by atoms with Crippen LogP contribution in [0.5, 0.6) is 0 Å². The van der Waals surface area contributed by atoms with Crippen LogP contribution in [0, 0.1) is 17.3 Å². The number of alkyl carbamates (subject to hydrolysis) is 2. The van der Waals surface area contributed by atoms with Crippen LogP contribution in [0.3, 0.4) is 0 Å². The van der Waals surface area contributed by atoms with Gasteiger partial charge in [-0.05, 0) is 123 Å². The number of fused-ring (bicyclic) bond motifs is 1. The molecule has 9 rings (SSSR count). The molecule has 4 aliphatic rings. The van der Waals surface area contributed by atoms with Crippen molar-refractivity contribution in [3.63, 3.8) is 0 Å². The van der Waals surface area contributed by atoms with E-state index in [4.69, 9.17) is 28.9 Å². The summed E-state index contributed by atoms with van der Waals surface area (Å²) in [6, 6.07) is 19.0. The molecule has 354 valence electrons. The molecule has 1 aliphatic carbocycles. The minimum absolute atomic E-state index is 0.0315. The van der Waals surface area contributed by atoms with Crippen molar-refractivity contribution >= 4 is 34.8 Å². The van der Waals surface area contributed by atoms with Gasteiger partial charge < -0.3 is 49.3 Å². The van der Waals surface area contributed by atoms with Crippen LogP contribution in [0.25, 0.3) is 44.4 Å². The Bertz CT molecular complexity index is 2570. The van der Waals surface area contributed by atoms with E-state index in [1.54, 1.807) is 11.1 Å². The number of carbonyl (C=O) groups is 4. The lowest BCUT2D eigenvalue weighted by molar-refractivity contribution is -0.140. The molecule has 3 aliphatic heterocycles. The summed E-state index contributed by atoms with van der Waals surface area (Å²) >= 11 is 0. The van der Waals surface area contributed by atoms with Gasteiger partial charge in [-0.1, -0.05) is 48.5 Å². The zero-order chi connectivity index (χ0) is 46.8. The summed E-state index contributed by atoms with van der Waals surface area (Å²) in [5.74, 6) is 1.04. The lowest BCUT2D eigenvalue weighted by atomic mass is 9.90. The Kier molecular flexibility index (Phi) is 13.4. The average molecular weight is 915 g/mol. The maximum Gasteiger partial charge on any atom is 0.407 e. The average Bonchev–Trinajstić information content (AvgIpc) is 3.68. The van der Waals surface area contributed by atoms with Crippen molar-refractivity contribution in [3.8, 4) is 33.6 Å². The second-order valence-electron chi connectivity index (χ2n) is 19.0. The Hall–Kier alpha value is -6.26. The van der Waals surface area contributed by atoms with Gasteiger partial charge in [-0.15, -0.1) is 0 Å². The molecular formula is C51H62N8O8. The largest absolute Gasteiger partial charge is 0.453 e. The van der Waals surface area contributed by atoms with Gasteiger partial charge in [0.25, 0.3) is 0 Å². The fourth-order valence-electron chi connectivity index (χ4n) is 10.5. The maximum atomic E-state index is 14.3. The first-order valence-corrected chi connectivity index (χ1v) is 23.7. The van der Waals surface area contributed by atoms with E-state index in [-0.39, 0.29) is 41.1 Å². The SMILES string of the molecule is COC(=O)N[C@H](C(=O)N1CC2(CC2)C[C@H]1c1ncc(-c2ccc3cc(-c4ccc(-c5cnc([C@H](C)N(C(=O)[C@@H](NC(=O)OC)C6CCOCC6)C(C)C)[nH]5)cc4)ccc3c2)[nH]1)C1CCOCC1. The molecule has 0 radical (unpaired) electrons. The molecule has 2 aromatic heterocycles. The van der Waals surface area contributed by atoms with Crippen molar-refractivity contribution in [1.82, 2.24) is 40.4 Å². The number of imidazole rings is 2. The van der Waals surface area contributed by atoms with Crippen LogP contribution in [0.1, 0.15) is 89.4 Å². The zero-order valence-corrected chi connectivity index (χ0v) is 39.0. The van der Waals surface area contributed by atoms with E-state index in [1.165, 1.54) is 14.2 Å². The summed E-state index contributed by atoms with van der Waals surface area (Å²) in [6.07, 6.45) is 8.14. The summed E-state index contributed by atoms with van der Waals surface area (Å²) < 4.78 is 20.9. The van der Waals surface area contributed by atoms with Gasteiger partial charge in [-0.25, -0.2) is 19.6 Å². The molecule has 67 heavy (non-hydrogen) atoms. The number of nitrogens with one attached hydrogen (secondary N) is 4. The smallest absolute Gasteiger partial charge is 0.407 e. The van der Waals surface area contributed by atoms with Crippen molar-refractivity contribution in [2.24, 2.45) is 17.3 Å². The molecule has 3 aromatic carbocycles. The van der Waals surface area contributed by atoms with Crippen LogP contribution in [-0.2, 0) is 28.5 Å². The third-order valence-corrected chi connectivity index (χ3v) is 14.5. The Balaban J connectivity index is 0.880. The summed E-state index contributed by atoms with van der Waals surface area (Å²) in [4.78, 5) is 73.7. The topological polar surface area (TPSA) is 193 Å². The number of H-pyrrole nitrogens is 2. The molecule has 4 atom stereocenters. The fraction of sp³-hybridized carbons (Fsp3) is 0.490. The number of carbonyl (C=O) groups excluding carboxylic acids is 4. The Labute approximate surface area is 390 Å². The maximum absolute atomic E-state index is 14.3. The number of aromatic amines is 2. The molecule has 4 N–H and O–H groups in total. The van der Waals surface area contributed by atoms with Crippen LogP contribution in [-0.4, -0.2) is 119 Å². The molecule has 16 nitrogen and oxygen atoms in total. The van der Waals surface area contributed by atoms with Crippen molar-refractivity contribution in [3.05, 3.63) is 84.7 Å². The van der Waals surface area contributed by atoms with Crippen LogP contribution >= 0.6 is 0 Å². The lowest BCUT2D eigenvalue weighted by Gasteiger charge is -2.38. The Morgan fingerprint density at radius 3 is 1.87 bits per heavy atom. The summed E-state index contributed by atoms with van der Waals surface area (Å²) in [5.41, 5.74) is 5.93. The summed E-state index contributed by atoms with van der Waals surface area (Å²) in [7, 11) is 2.62. The number of likely N-dealkylation sites (tertiary alicyclic amines) is 1. The van der Waals surface area contributed by atoms with Crippen molar-refractivity contribution < 1.29 is 38.1 Å². The Morgan fingerprint density at radius 1 is 0.716 bits per heavy atom. The van der Waals surface area contributed by atoms with Gasteiger partial charge in [-0.2, -0.15) is 0 Å². The van der Waals surface area contributed by atoms with Gasteiger partial charge in [0.2, 0.25) is 11.8 Å². The third kappa shape index (κ3) is 9.78. The molecule has 3 saturated heterocycles. The second-order valence-corrected chi connectivity index (χ2v) is 19.0. The van der Waals surface area contributed by atoms with Gasteiger partial charge in [-0.3, -0.25) is 9.59 Å². The number of aromatic nitrogens is 4. The molecule has 4 amide bonds. The van der Waals surface area contributed by atoms with Gasteiger partial charge in [0, 0.05) is 44.6 Å². The highest BCUT2D eigenvalue weighted by atomic mass is 16.5. The van der Waals surface area contributed by atoms with Crippen LogP contribution in [0.15, 0.2) is 73.1 Å². The minimum Gasteiger partial charge on any atom is -0.453 e. The predicted molar refractivity (Wildman–Crippen MR) is 251 cm³/mol. The number of nitrogens with zero attached hydrogens (tertiary/aromatic N) is 4. The molecule has 0 unspecified atom stereocenters. The fourth-order valence-corrected chi connectivity index (χ4v) is 10.5. The number of methoxy groups -OCH3 is 2. The van der Waals surface area contributed by atoms with Crippen molar-refractivity contribution in [2.75, 3.05) is 47.2 Å². The second kappa shape index (κ2) is 19.5. The highest BCUT2D eigenvalue weighted by Crippen LogP contribution is 2.58. The molecular weight excluding hydrogens is 853 g/mol. The quantitative estimate of drug-likeness (QED) is 0.0902. The van der Waals surface area contributed by atoms with E-state index in [1.807, 2.05) is 31.9 Å². The van der Waals surface area contributed by atoms with Crippen molar-refractivity contribution in [2.45, 2.75) is 95.9 Å². The first-order chi connectivity index (χ1) is 32.4. The standard InChI is InChI=1S/C51H62N8O8/c1-30(2)59(48(61)44(57-50(63)65-5)35-16-22-67-23-17-35)31(3)45-52-27-40(54-45)33-8-6-32(7-9-33)36-10-11-38-25-39(13-12-37(38)24-36)41-28-53-46(55-41)42-26-51(18-19-51)29-58(42)47(60)43(56-49(62)64-4)34-14-20-66-21-15-34/h6-13,24-25,27-28,30-31,34-35,42-44H,14-23,26,29H2,1-5H3,(H,52,54)(H,53,55)(H,56,62)(H,57,63)/t31-,42-,43-,44-/m0/s1. The number of ether oxygens (including phenoxy) is 4. The lowest BCUT2D eigenvalue weighted by Crippen LogP contribution is -2.55. The first-order valence-electron chi connectivity index (χ1n) is 23.7. The first kappa shape index (κ1) is 45.9. The molecule has 4 fully saturated rings. The highest BCUT2D eigenvalue weighted by Gasteiger charge is 2.55. The van der Waals surface area contributed by atoms with Crippen LogP contribution < -0.4 is 10.6 Å². The summed E-state index contributed by atoms with van der Waals surface area (Å²) in [6.45, 7) is 8.74. The number of amides is 4. The number of hydrogen-bond donors (Lipinski definition) is 4. The van der Waals surface area contributed by atoms with E-state index in [2.05, 4.69) is 81.3 Å². The monoisotopic (exact) mass is 914 g/mol. The number of rotatable bonds is 13. The zero-order valence-electron chi connectivity index (χ0n) is 39.0. The molecule has 0 bridgehead atoms. The minimum atomic E-state index is -0.741. The van der Waals surface area contributed by atoms with Crippen LogP contribution in [0.4, 0.5) is 9.59 Å². The molecule has 5 aromatic rings. The van der Waals surface area contributed by atoms with Gasteiger partial charge in [0.1, 0.15) is 23.7 Å². The summed E-state index contributed by atoms with van der Waals surface area (Å²) in [5, 5.41) is 7.87. The van der Waals surface area contributed by atoms with Gasteiger partial charge in [0.15, 0.2) is 0 Å². The molecule has 16 heteroatoms. The van der Waals surface area contributed by atoms with E-state index in [9.17, 15) is 19.2 Å². The number of hydrogen-bond acceptors (Lipinski definition) is 10. The van der Waals surface area contributed by atoms with Crippen LogP contribution in [0.2, 0.25) is 0 Å².